The summed E-state index contributed by atoms with van der Waals surface area (Å²) in [6, 6.07) is 18.0. The first kappa shape index (κ1) is 17.2. The number of hydrogen-bond donors (Lipinski definition) is 2. The quantitative estimate of drug-likeness (QED) is 0.831. The summed E-state index contributed by atoms with van der Waals surface area (Å²) in [5, 5.41) is 14.3. The van der Waals surface area contributed by atoms with Crippen LogP contribution in [0.2, 0.25) is 0 Å². The lowest BCUT2D eigenvalue weighted by molar-refractivity contribution is -0.138. The van der Waals surface area contributed by atoms with Gasteiger partial charge in [-0.15, -0.1) is 0 Å². The van der Waals surface area contributed by atoms with Gasteiger partial charge in [0.2, 0.25) is 11.8 Å². The van der Waals surface area contributed by atoms with Gasteiger partial charge in [-0.1, -0.05) is 30.3 Å². The molecule has 0 heterocycles. The van der Waals surface area contributed by atoms with Crippen molar-refractivity contribution in [1.82, 2.24) is 5.32 Å². The second-order valence-electron chi connectivity index (χ2n) is 5.94. The van der Waals surface area contributed by atoms with E-state index in [0.29, 0.717) is 17.8 Å². The lowest BCUT2D eigenvalue weighted by Crippen LogP contribution is -2.44. The Balaban J connectivity index is 1.98. The normalized spacial score (nSPS) is 10.5. The molecule has 0 aliphatic carbocycles. The molecule has 5 nitrogen and oxygen atoms in total. The van der Waals surface area contributed by atoms with E-state index in [4.69, 9.17) is 5.26 Å². The molecule has 0 atom stereocenters. The summed E-state index contributed by atoms with van der Waals surface area (Å²) < 4.78 is 0. The van der Waals surface area contributed by atoms with Crippen molar-refractivity contribution in [2.24, 2.45) is 5.41 Å². The lowest BCUT2D eigenvalue weighted by atomic mass is 9.90. The average molecular weight is 321 g/mol. The van der Waals surface area contributed by atoms with Gasteiger partial charge in [-0.05, 0) is 43.7 Å². The second-order valence-corrected chi connectivity index (χ2v) is 5.94. The van der Waals surface area contributed by atoms with Crippen molar-refractivity contribution < 1.29 is 9.59 Å². The minimum Gasteiger partial charge on any atom is -0.351 e. The highest BCUT2D eigenvalue weighted by molar-refractivity contribution is 6.09. The second kappa shape index (κ2) is 7.42. The molecule has 2 amide bonds. The number of rotatable bonds is 5. The van der Waals surface area contributed by atoms with Crippen molar-refractivity contribution in [1.29, 1.82) is 5.26 Å². The van der Waals surface area contributed by atoms with E-state index in [9.17, 15) is 9.59 Å². The average Bonchev–Trinajstić information content (AvgIpc) is 2.61. The summed E-state index contributed by atoms with van der Waals surface area (Å²) in [6.07, 6.45) is 0. The van der Waals surface area contributed by atoms with Crippen LogP contribution in [0, 0.1) is 16.7 Å². The van der Waals surface area contributed by atoms with E-state index in [1.165, 1.54) is 0 Å². The summed E-state index contributed by atoms with van der Waals surface area (Å²) in [4.78, 5) is 24.8. The van der Waals surface area contributed by atoms with E-state index in [0.717, 1.165) is 5.56 Å². The molecule has 0 saturated heterocycles. The van der Waals surface area contributed by atoms with Crippen LogP contribution >= 0.6 is 0 Å². The van der Waals surface area contributed by atoms with Crippen LogP contribution in [0.25, 0.3) is 0 Å². The van der Waals surface area contributed by atoms with Gasteiger partial charge in [0.05, 0.1) is 11.6 Å². The molecule has 24 heavy (non-hydrogen) atoms. The Hall–Kier alpha value is -3.13. The van der Waals surface area contributed by atoms with Gasteiger partial charge in [0.15, 0.2) is 0 Å². The molecule has 0 saturated carbocycles. The van der Waals surface area contributed by atoms with Crippen LogP contribution < -0.4 is 10.6 Å². The molecule has 0 aliphatic rings. The molecule has 2 N–H and O–H groups in total. The third-order valence-corrected chi connectivity index (χ3v) is 3.70. The molecule has 2 rings (SSSR count). The molecule has 0 radical (unpaired) electrons. The predicted molar refractivity (Wildman–Crippen MR) is 91.9 cm³/mol. The largest absolute Gasteiger partial charge is 0.351 e. The summed E-state index contributed by atoms with van der Waals surface area (Å²) in [7, 11) is 0. The molecule has 0 spiro atoms. The molecule has 0 aliphatic heterocycles. The van der Waals surface area contributed by atoms with Gasteiger partial charge in [0.1, 0.15) is 5.41 Å². The summed E-state index contributed by atoms with van der Waals surface area (Å²) in [5.74, 6) is -0.754. The minimum absolute atomic E-state index is 0.350. The molecule has 2 aromatic rings. The van der Waals surface area contributed by atoms with Crippen molar-refractivity contribution in [2.75, 3.05) is 5.32 Å². The van der Waals surface area contributed by atoms with Crippen LogP contribution in [-0.4, -0.2) is 11.8 Å². The van der Waals surface area contributed by atoms with Crippen molar-refractivity contribution in [3.05, 3.63) is 65.7 Å². The smallest absolute Gasteiger partial charge is 0.239 e. The Bertz CT molecular complexity index is 759. The topological polar surface area (TPSA) is 82.0 Å². The van der Waals surface area contributed by atoms with Gasteiger partial charge < -0.3 is 10.6 Å². The molecular weight excluding hydrogens is 302 g/mol. The zero-order chi connectivity index (χ0) is 17.6. The van der Waals surface area contributed by atoms with Crippen LogP contribution in [0.5, 0.6) is 0 Å². The number of anilines is 1. The Morgan fingerprint density at radius 2 is 1.62 bits per heavy atom. The number of nitrogens with zero attached hydrogens (tertiary/aromatic N) is 1. The van der Waals surface area contributed by atoms with Crippen molar-refractivity contribution in [3.63, 3.8) is 0 Å². The fourth-order valence-electron chi connectivity index (χ4n) is 2.02. The highest BCUT2D eigenvalue weighted by Crippen LogP contribution is 2.19. The van der Waals surface area contributed by atoms with E-state index in [1.54, 1.807) is 38.1 Å². The highest BCUT2D eigenvalue weighted by Gasteiger charge is 2.35. The van der Waals surface area contributed by atoms with Crippen molar-refractivity contribution in [2.45, 2.75) is 20.4 Å². The summed E-state index contributed by atoms with van der Waals surface area (Å²) in [6.45, 7) is 3.52. The van der Waals surface area contributed by atoms with Crippen molar-refractivity contribution in [3.8, 4) is 6.07 Å². The molecule has 2 aromatic carbocycles. The fraction of sp³-hybridized carbons (Fsp3) is 0.211. The number of carbonyl (C=O) groups is 2. The van der Waals surface area contributed by atoms with Gasteiger partial charge >= 0.3 is 0 Å². The van der Waals surface area contributed by atoms with Gasteiger partial charge in [0.25, 0.3) is 0 Å². The summed E-state index contributed by atoms with van der Waals surface area (Å²) >= 11 is 0. The highest BCUT2D eigenvalue weighted by atomic mass is 16.2. The molecule has 0 bridgehead atoms. The fourth-order valence-corrected chi connectivity index (χ4v) is 2.02. The number of carbonyl (C=O) groups excluding carboxylic acids is 2. The monoisotopic (exact) mass is 321 g/mol. The van der Waals surface area contributed by atoms with Gasteiger partial charge in [-0.3, -0.25) is 9.59 Å². The van der Waals surface area contributed by atoms with E-state index in [-0.39, 0.29) is 5.91 Å². The molecule has 122 valence electrons. The third-order valence-electron chi connectivity index (χ3n) is 3.70. The SMILES string of the molecule is CC(C)(C(=O)NCc1ccccc1)C(=O)Nc1ccc(C#N)cc1. The zero-order valence-electron chi connectivity index (χ0n) is 13.7. The van der Waals surface area contributed by atoms with Gasteiger partial charge in [-0.2, -0.15) is 5.26 Å². The number of hydrogen-bond acceptors (Lipinski definition) is 3. The molecular formula is C19H19N3O2. The molecule has 0 aromatic heterocycles. The molecule has 0 unspecified atom stereocenters. The number of amides is 2. The van der Waals surface area contributed by atoms with E-state index >= 15 is 0 Å². The van der Waals surface area contributed by atoms with Gasteiger partial charge in [-0.25, -0.2) is 0 Å². The minimum atomic E-state index is -1.22. The van der Waals surface area contributed by atoms with Crippen LogP contribution in [-0.2, 0) is 16.1 Å². The maximum atomic E-state index is 12.4. The first-order chi connectivity index (χ1) is 11.4. The van der Waals surface area contributed by atoms with Crippen LogP contribution in [0.1, 0.15) is 25.0 Å². The van der Waals surface area contributed by atoms with Crippen LogP contribution in [0.4, 0.5) is 5.69 Å². The first-order valence-corrected chi connectivity index (χ1v) is 7.57. The molecule has 5 heteroatoms. The Morgan fingerprint density at radius 1 is 1.00 bits per heavy atom. The van der Waals surface area contributed by atoms with Crippen LogP contribution in [0.3, 0.4) is 0 Å². The standard InChI is InChI=1S/C19H19N3O2/c1-19(2,17(23)21-13-15-6-4-3-5-7-15)18(24)22-16-10-8-14(12-20)9-11-16/h3-11H,13H2,1-2H3,(H,21,23)(H,22,24). The number of nitriles is 1. The first-order valence-electron chi connectivity index (χ1n) is 7.57. The predicted octanol–water partition coefficient (Wildman–Crippen LogP) is 2.84. The summed E-state index contributed by atoms with van der Waals surface area (Å²) in [5.41, 5.74) is 0.799. The number of benzene rings is 2. The van der Waals surface area contributed by atoms with E-state index < -0.39 is 11.3 Å². The number of nitrogens with one attached hydrogen (secondary N) is 2. The van der Waals surface area contributed by atoms with Crippen molar-refractivity contribution >= 4 is 17.5 Å². The maximum Gasteiger partial charge on any atom is 0.239 e. The van der Waals surface area contributed by atoms with Gasteiger partial charge in [0, 0.05) is 12.2 Å². The molecule has 0 fully saturated rings. The maximum absolute atomic E-state index is 12.4. The van der Waals surface area contributed by atoms with E-state index in [1.807, 2.05) is 36.4 Å². The Labute approximate surface area is 141 Å². The lowest BCUT2D eigenvalue weighted by Gasteiger charge is -2.22. The van der Waals surface area contributed by atoms with E-state index in [2.05, 4.69) is 10.6 Å². The van der Waals surface area contributed by atoms with Crippen LogP contribution in [0.15, 0.2) is 54.6 Å². The zero-order valence-corrected chi connectivity index (χ0v) is 13.7. The Kier molecular flexibility index (Phi) is 5.33. The Morgan fingerprint density at radius 3 is 2.21 bits per heavy atom. The third kappa shape index (κ3) is 4.20.